The third kappa shape index (κ3) is 5.52. The van der Waals surface area contributed by atoms with E-state index in [0.29, 0.717) is 39.6 Å². The maximum Gasteiger partial charge on any atom is 0.266 e. The van der Waals surface area contributed by atoms with Crippen LogP contribution in [0.3, 0.4) is 0 Å². The summed E-state index contributed by atoms with van der Waals surface area (Å²) in [5.74, 6) is -0.328. The summed E-state index contributed by atoms with van der Waals surface area (Å²) in [6, 6.07) is 15.7. The highest BCUT2D eigenvalue weighted by atomic mass is 35.5. The molecule has 3 rings (SSSR count). The molecule has 0 spiro atoms. The van der Waals surface area contributed by atoms with E-state index in [0.717, 1.165) is 0 Å². The molecule has 9 heteroatoms. The molecule has 0 aliphatic rings. The maximum absolute atomic E-state index is 12.7. The molecule has 0 aliphatic heterocycles. The number of ether oxygens (including phenoxy) is 1. The number of nitrogens with zero attached hydrogens (tertiary/aromatic N) is 3. The van der Waals surface area contributed by atoms with Crippen LogP contribution in [0.2, 0.25) is 5.02 Å². The number of aromatic nitrogens is 1. The molecule has 32 heavy (non-hydrogen) atoms. The van der Waals surface area contributed by atoms with Crippen LogP contribution in [0.5, 0.6) is 5.75 Å². The fraction of sp³-hybridized carbons (Fsp3) is 0.130. The number of hydrogen-bond acceptors (Lipinski definition) is 6. The molecule has 0 fully saturated rings. The average molecular weight is 467 g/mol. The number of carbonyl (C=O) groups is 2. The number of thiazole rings is 1. The van der Waals surface area contributed by atoms with Gasteiger partial charge in [-0.2, -0.15) is 5.26 Å². The number of carbonyl (C=O) groups excluding carboxylic acids is 2. The molecule has 0 atom stereocenters. The van der Waals surface area contributed by atoms with Gasteiger partial charge >= 0.3 is 0 Å². The van der Waals surface area contributed by atoms with Gasteiger partial charge in [-0.25, -0.2) is 4.98 Å². The topological polar surface area (TPSA) is 95.3 Å². The Bertz CT molecular complexity index is 1220. The standard InChI is InChI=1S/C23H19ClN4O3S/c1-3-31-21-10-5-4-9-20(21)27-22(30)16(13-25)11-18-14-32-23(26-18)28(15(2)29)19-8-6-7-17(24)12-19/h4-12,14H,3H2,1-2H3,(H,27,30)/b16-11+. The smallest absolute Gasteiger partial charge is 0.266 e. The minimum Gasteiger partial charge on any atom is -0.492 e. The molecule has 0 saturated heterocycles. The molecule has 3 aromatic rings. The van der Waals surface area contributed by atoms with Crippen LogP contribution < -0.4 is 15.0 Å². The highest BCUT2D eigenvalue weighted by Crippen LogP contribution is 2.31. The molecule has 162 valence electrons. The lowest BCUT2D eigenvalue weighted by atomic mass is 10.2. The quantitative estimate of drug-likeness (QED) is 0.370. The van der Waals surface area contributed by atoms with Crippen LogP contribution in [0.25, 0.3) is 6.08 Å². The molecule has 2 aromatic carbocycles. The van der Waals surface area contributed by atoms with Crippen molar-refractivity contribution in [1.82, 2.24) is 4.98 Å². The zero-order valence-corrected chi connectivity index (χ0v) is 18.9. The molecule has 1 N–H and O–H groups in total. The predicted octanol–water partition coefficient (Wildman–Crippen LogP) is 5.43. The van der Waals surface area contributed by atoms with Gasteiger partial charge in [0.2, 0.25) is 5.91 Å². The number of nitriles is 1. The third-order valence-electron chi connectivity index (χ3n) is 4.17. The number of benzene rings is 2. The number of anilines is 3. The zero-order valence-electron chi connectivity index (χ0n) is 17.3. The van der Waals surface area contributed by atoms with E-state index in [1.807, 2.05) is 13.0 Å². The molecular formula is C23H19ClN4O3S. The molecule has 0 bridgehead atoms. The van der Waals surface area contributed by atoms with E-state index in [9.17, 15) is 14.9 Å². The van der Waals surface area contributed by atoms with Crippen LogP contribution in [-0.4, -0.2) is 23.4 Å². The van der Waals surface area contributed by atoms with Crippen LogP contribution in [0.1, 0.15) is 19.5 Å². The number of halogens is 1. The van der Waals surface area contributed by atoms with E-state index in [4.69, 9.17) is 16.3 Å². The third-order valence-corrected chi connectivity index (χ3v) is 5.25. The molecule has 1 aromatic heterocycles. The molecule has 0 unspecified atom stereocenters. The van der Waals surface area contributed by atoms with Crippen LogP contribution in [0, 0.1) is 11.3 Å². The van der Waals surface area contributed by atoms with E-state index >= 15 is 0 Å². The number of rotatable bonds is 7. The van der Waals surface area contributed by atoms with Crippen LogP contribution in [-0.2, 0) is 9.59 Å². The Kier molecular flexibility index (Phi) is 7.60. The summed E-state index contributed by atoms with van der Waals surface area (Å²) >= 11 is 7.26. The molecular weight excluding hydrogens is 448 g/mol. The SMILES string of the molecule is CCOc1ccccc1NC(=O)/C(C#N)=C/c1csc(N(C(C)=O)c2cccc(Cl)c2)n1. The Labute approximate surface area is 194 Å². The van der Waals surface area contributed by atoms with Crippen molar-refractivity contribution in [3.05, 3.63) is 70.2 Å². The van der Waals surface area contributed by atoms with Crippen molar-refractivity contribution in [2.75, 3.05) is 16.8 Å². The highest BCUT2D eigenvalue weighted by molar-refractivity contribution is 7.14. The summed E-state index contributed by atoms with van der Waals surface area (Å²) in [6.45, 7) is 3.70. The number of nitrogens with one attached hydrogen (secondary N) is 1. The van der Waals surface area contributed by atoms with E-state index in [2.05, 4.69) is 10.3 Å². The van der Waals surface area contributed by atoms with Gasteiger partial charge in [0.1, 0.15) is 17.4 Å². The minimum absolute atomic E-state index is 0.134. The van der Waals surface area contributed by atoms with Gasteiger partial charge < -0.3 is 10.1 Å². The Hall–Kier alpha value is -3.67. The number of hydrogen-bond donors (Lipinski definition) is 1. The van der Waals surface area contributed by atoms with Gasteiger partial charge in [-0.15, -0.1) is 11.3 Å². The molecule has 0 saturated carbocycles. The van der Waals surface area contributed by atoms with Gasteiger partial charge in [-0.1, -0.05) is 29.8 Å². The Morgan fingerprint density at radius 3 is 2.75 bits per heavy atom. The summed E-state index contributed by atoms with van der Waals surface area (Å²) in [7, 11) is 0. The number of para-hydroxylation sites is 2. The van der Waals surface area contributed by atoms with Gasteiger partial charge in [0.15, 0.2) is 5.13 Å². The van der Waals surface area contributed by atoms with Crippen molar-refractivity contribution in [1.29, 1.82) is 5.26 Å². The van der Waals surface area contributed by atoms with Crippen molar-refractivity contribution < 1.29 is 14.3 Å². The summed E-state index contributed by atoms with van der Waals surface area (Å²) < 4.78 is 5.50. The van der Waals surface area contributed by atoms with E-state index in [-0.39, 0.29) is 11.5 Å². The lowest BCUT2D eigenvalue weighted by Gasteiger charge is -2.18. The summed E-state index contributed by atoms with van der Waals surface area (Å²) in [5.41, 5.74) is 1.28. The first-order chi connectivity index (χ1) is 15.4. The first kappa shape index (κ1) is 23.0. The average Bonchev–Trinajstić information content (AvgIpc) is 3.21. The van der Waals surface area contributed by atoms with Crippen molar-refractivity contribution in [2.24, 2.45) is 0 Å². The second-order valence-corrected chi connectivity index (χ2v) is 7.72. The van der Waals surface area contributed by atoms with Gasteiger partial charge in [0.25, 0.3) is 5.91 Å². The highest BCUT2D eigenvalue weighted by Gasteiger charge is 2.19. The fourth-order valence-corrected chi connectivity index (χ4v) is 3.85. The maximum atomic E-state index is 12.7. The van der Waals surface area contributed by atoms with Crippen molar-refractivity contribution >= 4 is 57.3 Å². The van der Waals surface area contributed by atoms with Crippen LogP contribution >= 0.6 is 22.9 Å². The van der Waals surface area contributed by atoms with Crippen molar-refractivity contribution in [3.8, 4) is 11.8 Å². The van der Waals surface area contributed by atoms with Gasteiger partial charge in [0.05, 0.1) is 23.7 Å². The lowest BCUT2D eigenvalue weighted by Crippen LogP contribution is -2.22. The first-order valence-electron chi connectivity index (χ1n) is 9.59. The van der Waals surface area contributed by atoms with Crippen molar-refractivity contribution in [2.45, 2.75) is 13.8 Å². The first-order valence-corrected chi connectivity index (χ1v) is 10.9. The monoisotopic (exact) mass is 466 g/mol. The van der Waals surface area contributed by atoms with Gasteiger partial charge in [-0.3, -0.25) is 14.5 Å². The summed E-state index contributed by atoms with van der Waals surface area (Å²) in [4.78, 5) is 30.7. The molecule has 7 nitrogen and oxygen atoms in total. The summed E-state index contributed by atoms with van der Waals surface area (Å²) in [6.07, 6.45) is 1.37. The Morgan fingerprint density at radius 2 is 2.06 bits per heavy atom. The number of amides is 2. The van der Waals surface area contributed by atoms with E-state index in [1.165, 1.54) is 29.2 Å². The minimum atomic E-state index is -0.590. The van der Waals surface area contributed by atoms with Crippen LogP contribution in [0.4, 0.5) is 16.5 Å². The normalized spacial score (nSPS) is 10.9. The van der Waals surface area contributed by atoms with E-state index < -0.39 is 5.91 Å². The molecule has 1 heterocycles. The largest absolute Gasteiger partial charge is 0.492 e. The predicted molar refractivity (Wildman–Crippen MR) is 126 cm³/mol. The van der Waals surface area contributed by atoms with Gasteiger partial charge in [-0.05, 0) is 43.3 Å². The lowest BCUT2D eigenvalue weighted by molar-refractivity contribution is -0.116. The fourth-order valence-electron chi connectivity index (χ4n) is 2.82. The van der Waals surface area contributed by atoms with E-state index in [1.54, 1.807) is 53.9 Å². The Morgan fingerprint density at radius 1 is 1.28 bits per heavy atom. The molecule has 0 aliphatic carbocycles. The molecule has 2 amide bonds. The van der Waals surface area contributed by atoms with Crippen LogP contribution in [0.15, 0.2) is 59.5 Å². The summed E-state index contributed by atoms with van der Waals surface area (Å²) in [5, 5.41) is 14.7. The van der Waals surface area contributed by atoms with Crippen molar-refractivity contribution in [3.63, 3.8) is 0 Å². The Balaban J connectivity index is 1.85. The second kappa shape index (κ2) is 10.6. The second-order valence-electron chi connectivity index (χ2n) is 6.44. The van der Waals surface area contributed by atoms with Gasteiger partial charge in [0, 0.05) is 17.3 Å². The zero-order chi connectivity index (χ0) is 23.1. The molecule has 0 radical (unpaired) electrons.